The Morgan fingerprint density at radius 3 is 2.92 bits per heavy atom. The minimum absolute atomic E-state index is 0.000298. The third-order valence-corrected chi connectivity index (χ3v) is 5.39. The van der Waals surface area contributed by atoms with E-state index in [-0.39, 0.29) is 17.7 Å². The largest absolute Gasteiger partial charge is 0.461 e. The number of aromatic nitrogens is 1. The minimum atomic E-state index is -0.416. The van der Waals surface area contributed by atoms with Crippen molar-refractivity contribution >= 4 is 29.1 Å². The second-order valence-corrected chi connectivity index (χ2v) is 7.34. The zero-order valence-corrected chi connectivity index (χ0v) is 15.1. The summed E-state index contributed by atoms with van der Waals surface area (Å²) < 4.78 is 4.91. The standard InChI is InChI=1S/C17H23N3O4S/c1-2-24-17(23)13-10-25-14(19-13)7-8-18-16(22)11-3-6-15(21)20(9-11)12-4-5-12/h10-12H,2-9H2,1H3,(H,18,22). The lowest BCUT2D eigenvalue weighted by Gasteiger charge is -2.32. The van der Waals surface area contributed by atoms with E-state index in [1.54, 1.807) is 12.3 Å². The Bertz CT molecular complexity index is 656. The van der Waals surface area contributed by atoms with Crippen LogP contribution in [0.4, 0.5) is 0 Å². The number of esters is 1. The summed E-state index contributed by atoms with van der Waals surface area (Å²) >= 11 is 1.39. The molecule has 1 aromatic rings. The van der Waals surface area contributed by atoms with Crippen molar-refractivity contribution in [3.05, 3.63) is 16.1 Å². The monoisotopic (exact) mass is 365 g/mol. The number of hydrogen-bond acceptors (Lipinski definition) is 6. The van der Waals surface area contributed by atoms with E-state index >= 15 is 0 Å². The van der Waals surface area contributed by atoms with E-state index in [4.69, 9.17) is 4.74 Å². The Labute approximate surface area is 150 Å². The maximum atomic E-state index is 12.3. The first-order valence-corrected chi connectivity index (χ1v) is 9.65. The molecule has 1 atom stereocenters. The van der Waals surface area contributed by atoms with Crippen LogP contribution in [0, 0.1) is 5.92 Å². The molecule has 7 nitrogen and oxygen atoms in total. The molecule has 2 amide bonds. The van der Waals surface area contributed by atoms with Gasteiger partial charge in [0.2, 0.25) is 11.8 Å². The topological polar surface area (TPSA) is 88.6 Å². The Kier molecular flexibility index (Phi) is 5.67. The molecule has 8 heteroatoms. The van der Waals surface area contributed by atoms with Crippen molar-refractivity contribution in [2.45, 2.75) is 45.1 Å². The zero-order chi connectivity index (χ0) is 17.8. The fourth-order valence-corrected chi connectivity index (χ4v) is 3.75. The van der Waals surface area contributed by atoms with E-state index in [1.807, 2.05) is 4.90 Å². The maximum Gasteiger partial charge on any atom is 0.357 e. The highest BCUT2D eigenvalue weighted by Gasteiger charge is 2.38. The van der Waals surface area contributed by atoms with Gasteiger partial charge in [0.05, 0.1) is 17.5 Å². The van der Waals surface area contributed by atoms with E-state index in [0.717, 1.165) is 17.8 Å². The Hall–Kier alpha value is -1.96. The number of likely N-dealkylation sites (tertiary alicyclic amines) is 1. The van der Waals surface area contributed by atoms with Crippen molar-refractivity contribution in [2.75, 3.05) is 19.7 Å². The Balaban J connectivity index is 1.43. The summed E-state index contributed by atoms with van der Waals surface area (Å²) in [7, 11) is 0. The number of rotatable bonds is 7. The van der Waals surface area contributed by atoms with Crippen molar-refractivity contribution in [2.24, 2.45) is 5.92 Å². The van der Waals surface area contributed by atoms with Gasteiger partial charge < -0.3 is 15.0 Å². The third kappa shape index (κ3) is 4.56. The summed E-state index contributed by atoms with van der Waals surface area (Å²) in [4.78, 5) is 41.9. The second kappa shape index (κ2) is 7.95. The van der Waals surface area contributed by atoms with Crippen molar-refractivity contribution in [3.63, 3.8) is 0 Å². The normalized spacial score (nSPS) is 20.4. The summed E-state index contributed by atoms with van der Waals surface area (Å²) in [5.41, 5.74) is 0.319. The molecule has 2 heterocycles. The number of carbonyl (C=O) groups excluding carboxylic acids is 3. The molecule has 0 bridgehead atoms. The van der Waals surface area contributed by atoms with Crippen molar-refractivity contribution in [1.29, 1.82) is 0 Å². The fraction of sp³-hybridized carbons (Fsp3) is 0.647. The predicted octanol–water partition coefficient (Wildman–Crippen LogP) is 1.38. The van der Waals surface area contributed by atoms with Crippen LogP contribution >= 0.6 is 11.3 Å². The van der Waals surface area contributed by atoms with Gasteiger partial charge in [0.25, 0.3) is 0 Å². The van der Waals surface area contributed by atoms with Gasteiger partial charge in [-0.2, -0.15) is 0 Å². The van der Waals surface area contributed by atoms with Gasteiger partial charge in [0, 0.05) is 37.4 Å². The first-order valence-electron chi connectivity index (χ1n) is 8.77. The third-order valence-electron chi connectivity index (χ3n) is 4.48. The lowest BCUT2D eigenvalue weighted by atomic mass is 9.96. The lowest BCUT2D eigenvalue weighted by Crippen LogP contribution is -2.46. The van der Waals surface area contributed by atoms with Crippen LogP contribution in [0.5, 0.6) is 0 Å². The van der Waals surface area contributed by atoms with Crippen LogP contribution in [0.25, 0.3) is 0 Å². The molecule has 136 valence electrons. The lowest BCUT2D eigenvalue weighted by molar-refractivity contribution is -0.138. The molecule has 25 heavy (non-hydrogen) atoms. The van der Waals surface area contributed by atoms with Crippen LogP contribution in [-0.4, -0.2) is 53.4 Å². The molecule has 1 aliphatic heterocycles. The molecule has 0 spiro atoms. The van der Waals surface area contributed by atoms with Crippen molar-refractivity contribution < 1.29 is 19.1 Å². The van der Waals surface area contributed by atoms with E-state index in [1.165, 1.54) is 11.3 Å². The van der Waals surface area contributed by atoms with Gasteiger partial charge in [-0.3, -0.25) is 9.59 Å². The van der Waals surface area contributed by atoms with Crippen molar-refractivity contribution in [1.82, 2.24) is 15.2 Å². The number of nitrogens with zero attached hydrogens (tertiary/aromatic N) is 2. The molecular formula is C17H23N3O4S. The smallest absolute Gasteiger partial charge is 0.357 e. The molecule has 1 saturated carbocycles. The van der Waals surface area contributed by atoms with E-state index in [2.05, 4.69) is 10.3 Å². The van der Waals surface area contributed by atoms with Crippen LogP contribution in [0.1, 0.15) is 48.1 Å². The molecule has 2 fully saturated rings. The Morgan fingerprint density at radius 1 is 1.40 bits per heavy atom. The van der Waals surface area contributed by atoms with Gasteiger partial charge in [0.1, 0.15) is 0 Å². The Morgan fingerprint density at radius 2 is 2.20 bits per heavy atom. The molecule has 0 aromatic carbocycles. The van der Waals surface area contributed by atoms with E-state index in [9.17, 15) is 14.4 Å². The number of ether oxygens (including phenoxy) is 1. The van der Waals surface area contributed by atoms with E-state index < -0.39 is 5.97 Å². The summed E-state index contributed by atoms with van der Waals surface area (Å²) in [6.45, 7) is 3.09. The summed E-state index contributed by atoms with van der Waals surface area (Å²) in [5.74, 6) is -0.355. The van der Waals surface area contributed by atoms with Gasteiger partial charge in [0.15, 0.2) is 5.69 Å². The van der Waals surface area contributed by atoms with Crippen LogP contribution in [-0.2, 0) is 20.7 Å². The molecule has 0 radical (unpaired) electrons. The number of hydrogen-bond donors (Lipinski definition) is 1. The van der Waals surface area contributed by atoms with Crippen molar-refractivity contribution in [3.8, 4) is 0 Å². The molecule has 1 N–H and O–H groups in total. The van der Waals surface area contributed by atoms with Gasteiger partial charge in [-0.25, -0.2) is 9.78 Å². The van der Waals surface area contributed by atoms with Gasteiger partial charge in [-0.15, -0.1) is 11.3 Å². The average Bonchev–Trinajstić information content (AvgIpc) is 3.33. The molecule has 1 aliphatic carbocycles. The first-order chi connectivity index (χ1) is 12.1. The van der Waals surface area contributed by atoms with Crippen LogP contribution in [0.3, 0.4) is 0 Å². The maximum absolute atomic E-state index is 12.3. The predicted molar refractivity (Wildman–Crippen MR) is 92.2 cm³/mol. The van der Waals surface area contributed by atoms with Crippen LogP contribution < -0.4 is 5.32 Å². The highest BCUT2D eigenvalue weighted by molar-refractivity contribution is 7.09. The average molecular weight is 365 g/mol. The quantitative estimate of drug-likeness (QED) is 0.738. The first kappa shape index (κ1) is 17.8. The SMILES string of the molecule is CCOC(=O)c1csc(CCNC(=O)C2CCC(=O)N(C3CC3)C2)n1. The highest BCUT2D eigenvalue weighted by Crippen LogP contribution is 2.31. The van der Waals surface area contributed by atoms with Gasteiger partial charge in [-0.05, 0) is 26.2 Å². The minimum Gasteiger partial charge on any atom is -0.461 e. The molecule has 3 rings (SSSR count). The zero-order valence-electron chi connectivity index (χ0n) is 14.3. The number of nitrogens with one attached hydrogen (secondary N) is 1. The number of carbonyl (C=O) groups is 3. The molecular weight excluding hydrogens is 342 g/mol. The molecule has 1 unspecified atom stereocenters. The second-order valence-electron chi connectivity index (χ2n) is 6.40. The highest BCUT2D eigenvalue weighted by atomic mass is 32.1. The molecule has 1 saturated heterocycles. The van der Waals surface area contributed by atoms with Crippen LogP contribution in [0.15, 0.2) is 5.38 Å². The number of piperidine rings is 1. The van der Waals surface area contributed by atoms with E-state index in [0.29, 0.717) is 50.7 Å². The molecule has 2 aliphatic rings. The number of thiazole rings is 1. The van der Waals surface area contributed by atoms with Gasteiger partial charge in [-0.1, -0.05) is 0 Å². The van der Waals surface area contributed by atoms with Crippen LogP contribution in [0.2, 0.25) is 0 Å². The fourth-order valence-electron chi connectivity index (χ4n) is 2.99. The summed E-state index contributed by atoms with van der Waals surface area (Å²) in [5, 5.41) is 5.40. The summed E-state index contributed by atoms with van der Waals surface area (Å²) in [6.07, 6.45) is 3.79. The molecule has 1 aromatic heterocycles. The summed E-state index contributed by atoms with van der Waals surface area (Å²) in [6, 6.07) is 0.361. The van der Waals surface area contributed by atoms with Gasteiger partial charge >= 0.3 is 5.97 Å². The number of amides is 2.